The zero-order valence-electron chi connectivity index (χ0n) is 9.47. The topological polar surface area (TPSA) is 12.0 Å². The zero-order valence-corrected chi connectivity index (χ0v) is 10.2. The van der Waals surface area contributed by atoms with E-state index in [0.29, 0.717) is 11.1 Å². The van der Waals surface area contributed by atoms with Crippen molar-refractivity contribution in [2.75, 3.05) is 7.05 Å². The molecular weight excluding hydrogens is 225 g/mol. The first kappa shape index (κ1) is 11.9. The number of halogens is 2. The molecule has 16 heavy (non-hydrogen) atoms. The largest absolute Gasteiger partial charge is 0.317 e. The van der Waals surface area contributed by atoms with Crippen LogP contribution in [-0.2, 0) is 6.42 Å². The lowest BCUT2D eigenvalue weighted by atomic mass is 10.0. The molecule has 1 aliphatic carbocycles. The molecular formula is C13H17ClFN. The van der Waals surface area contributed by atoms with Crippen LogP contribution in [-0.4, -0.2) is 13.1 Å². The van der Waals surface area contributed by atoms with Gasteiger partial charge in [0, 0.05) is 11.1 Å². The third-order valence-electron chi connectivity index (χ3n) is 3.29. The van der Waals surface area contributed by atoms with E-state index in [1.54, 1.807) is 12.1 Å². The van der Waals surface area contributed by atoms with Crippen LogP contribution in [0.2, 0.25) is 5.02 Å². The lowest BCUT2D eigenvalue weighted by molar-refractivity contribution is 0.470. The van der Waals surface area contributed by atoms with Gasteiger partial charge in [-0.25, -0.2) is 4.39 Å². The Hall–Kier alpha value is -0.600. The highest BCUT2D eigenvalue weighted by atomic mass is 35.5. The van der Waals surface area contributed by atoms with Gasteiger partial charge in [0.2, 0.25) is 0 Å². The van der Waals surface area contributed by atoms with Crippen molar-refractivity contribution in [2.24, 2.45) is 5.92 Å². The molecule has 1 atom stereocenters. The molecule has 0 radical (unpaired) electrons. The monoisotopic (exact) mass is 241 g/mol. The molecule has 2 rings (SSSR count). The van der Waals surface area contributed by atoms with Crippen molar-refractivity contribution in [2.45, 2.75) is 31.7 Å². The Morgan fingerprint density at radius 3 is 2.88 bits per heavy atom. The molecule has 1 aliphatic rings. The minimum Gasteiger partial charge on any atom is -0.317 e. The predicted octanol–water partition coefficient (Wildman–Crippen LogP) is 3.41. The van der Waals surface area contributed by atoms with E-state index >= 15 is 0 Å². The van der Waals surface area contributed by atoms with Gasteiger partial charge in [0.15, 0.2) is 0 Å². The van der Waals surface area contributed by atoms with Crippen LogP contribution in [0.5, 0.6) is 0 Å². The van der Waals surface area contributed by atoms with Crippen molar-refractivity contribution in [1.29, 1.82) is 0 Å². The molecule has 1 unspecified atom stereocenters. The molecule has 3 heteroatoms. The zero-order chi connectivity index (χ0) is 11.5. The third kappa shape index (κ3) is 2.96. The van der Waals surface area contributed by atoms with E-state index in [4.69, 9.17) is 11.6 Å². The molecule has 0 aromatic heterocycles. The number of benzene rings is 1. The second kappa shape index (κ2) is 5.15. The summed E-state index contributed by atoms with van der Waals surface area (Å²) >= 11 is 6.03. The number of hydrogen-bond donors (Lipinski definition) is 1. The Bertz CT molecular complexity index is 363. The highest BCUT2D eigenvalue weighted by Gasteiger charge is 2.29. The van der Waals surface area contributed by atoms with Gasteiger partial charge in [0.25, 0.3) is 0 Å². The lowest BCUT2D eigenvalue weighted by Crippen LogP contribution is -2.27. The number of nitrogens with one attached hydrogen (secondary N) is 1. The maximum atomic E-state index is 13.1. The van der Waals surface area contributed by atoms with Crippen molar-refractivity contribution in [3.05, 3.63) is 34.6 Å². The van der Waals surface area contributed by atoms with Gasteiger partial charge < -0.3 is 5.32 Å². The van der Waals surface area contributed by atoms with Gasteiger partial charge in [-0.15, -0.1) is 0 Å². The number of rotatable bonds is 5. The van der Waals surface area contributed by atoms with Gasteiger partial charge in [-0.05, 0) is 62.4 Å². The molecule has 1 aromatic carbocycles. The Balaban J connectivity index is 1.95. The Morgan fingerprint density at radius 2 is 2.25 bits per heavy atom. The standard InChI is InChI=1S/C13H17ClFN/c1-16-13(9-2-3-9)7-4-10-8-11(15)5-6-12(10)14/h5-6,8-9,13,16H,2-4,7H2,1H3. The fourth-order valence-electron chi connectivity index (χ4n) is 2.16. The number of aryl methyl sites for hydroxylation is 1. The van der Waals surface area contributed by atoms with Gasteiger partial charge >= 0.3 is 0 Å². The minimum atomic E-state index is -0.202. The van der Waals surface area contributed by atoms with Crippen molar-refractivity contribution in [3.8, 4) is 0 Å². The van der Waals surface area contributed by atoms with E-state index in [0.717, 1.165) is 24.3 Å². The Kier molecular flexibility index (Phi) is 3.82. The van der Waals surface area contributed by atoms with Gasteiger partial charge in [-0.1, -0.05) is 11.6 Å². The summed E-state index contributed by atoms with van der Waals surface area (Å²) in [5.74, 6) is 0.615. The SMILES string of the molecule is CNC(CCc1cc(F)ccc1Cl)C1CC1. The maximum absolute atomic E-state index is 13.1. The molecule has 1 saturated carbocycles. The molecule has 0 heterocycles. The molecule has 0 amide bonds. The lowest BCUT2D eigenvalue weighted by Gasteiger charge is -2.15. The molecule has 0 bridgehead atoms. The van der Waals surface area contributed by atoms with E-state index in [1.165, 1.54) is 18.9 Å². The van der Waals surface area contributed by atoms with Crippen molar-refractivity contribution >= 4 is 11.6 Å². The highest BCUT2D eigenvalue weighted by Crippen LogP contribution is 2.34. The summed E-state index contributed by atoms with van der Waals surface area (Å²) in [6, 6.07) is 5.14. The van der Waals surface area contributed by atoms with Gasteiger partial charge in [0.1, 0.15) is 5.82 Å². The Labute approximate surface area is 101 Å². The average Bonchev–Trinajstić information content (AvgIpc) is 3.08. The van der Waals surface area contributed by atoms with E-state index in [9.17, 15) is 4.39 Å². The first-order chi connectivity index (χ1) is 7.70. The van der Waals surface area contributed by atoms with E-state index in [2.05, 4.69) is 5.32 Å². The number of hydrogen-bond acceptors (Lipinski definition) is 1. The third-order valence-corrected chi connectivity index (χ3v) is 3.66. The quantitative estimate of drug-likeness (QED) is 0.833. The summed E-state index contributed by atoms with van der Waals surface area (Å²) in [6.45, 7) is 0. The van der Waals surface area contributed by atoms with Crippen LogP contribution in [0.15, 0.2) is 18.2 Å². The van der Waals surface area contributed by atoms with Crippen molar-refractivity contribution in [3.63, 3.8) is 0 Å². The summed E-state index contributed by atoms with van der Waals surface area (Å²) in [4.78, 5) is 0. The second-order valence-electron chi connectivity index (χ2n) is 4.51. The van der Waals surface area contributed by atoms with E-state index in [-0.39, 0.29) is 5.82 Å². The first-order valence-corrected chi connectivity index (χ1v) is 6.19. The minimum absolute atomic E-state index is 0.202. The maximum Gasteiger partial charge on any atom is 0.123 e. The summed E-state index contributed by atoms with van der Waals surface area (Å²) in [5.41, 5.74) is 0.919. The molecule has 0 aliphatic heterocycles. The predicted molar refractivity (Wildman–Crippen MR) is 65.3 cm³/mol. The van der Waals surface area contributed by atoms with Crippen LogP contribution in [0.4, 0.5) is 4.39 Å². The van der Waals surface area contributed by atoms with Crippen LogP contribution in [0, 0.1) is 11.7 Å². The first-order valence-electron chi connectivity index (χ1n) is 5.82. The van der Waals surface area contributed by atoms with E-state index < -0.39 is 0 Å². The molecule has 0 saturated heterocycles. The summed E-state index contributed by atoms with van der Waals surface area (Å²) in [5, 5.41) is 4.00. The van der Waals surface area contributed by atoms with Crippen molar-refractivity contribution < 1.29 is 4.39 Å². The molecule has 0 spiro atoms. The average molecular weight is 242 g/mol. The smallest absolute Gasteiger partial charge is 0.123 e. The van der Waals surface area contributed by atoms with E-state index in [1.807, 2.05) is 7.05 Å². The molecule has 1 fully saturated rings. The summed E-state index contributed by atoms with van der Waals surface area (Å²) < 4.78 is 13.1. The van der Waals surface area contributed by atoms with Crippen LogP contribution >= 0.6 is 11.6 Å². The van der Waals surface area contributed by atoms with Gasteiger partial charge in [-0.2, -0.15) is 0 Å². The van der Waals surface area contributed by atoms with Gasteiger partial charge in [-0.3, -0.25) is 0 Å². The van der Waals surface area contributed by atoms with Crippen LogP contribution in [0.25, 0.3) is 0 Å². The fraction of sp³-hybridized carbons (Fsp3) is 0.538. The normalized spacial score (nSPS) is 17.4. The molecule has 1 N–H and O–H groups in total. The van der Waals surface area contributed by atoms with Crippen LogP contribution in [0.3, 0.4) is 0 Å². The summed E-state index contributed by atoms with van der Waals surface area (Å²) in [7, 11) is 2.00. The fourth-order valence-corrected chi connectivity index (χ4v) is 2.37. The Morgan fingerprint density at radius 1 is 1.50 bits per heavy atom. The highest BCUT2D eigenvalue weighted by molar-refractivity contribution is 6.31. The second-order valence-corrected chi connectivity index (χ2v) is 4.91. The van der Waals surface area contributed by atoms with Crippen LogP contribution in [0.1, 0.15) is 24.8 Å². The molecule has 1 aromatic rings. The summed E-state index contributed by atoms with van der Waals surface area (Å²) in [6.07, 6.45) is 4.52. The van der Waals surface area contributed by atoms with Gasteiger partial charge in [0.05, 0.1) is 0 Å². The molecule has 88 valence electrons. The van der Waals surface area contributed by atoms with Crippen LogP contribution < -0.4 is 5.32 Å². The van der Waals surface area contributed by atoms with Crippen molar-refractivity contribution in [1.82, 2.24) is 5.32 Å². The molecule has 1 nitrogen and oxygen atoms in total.